The molecule has 0 bridgehead atoms. The number of rotatable bonds is 6. The van der Waals surface area contributed by atoms with Crippen molar-refractivity contribution in [1.29, 1.82) is 0 Å². The van der Waals surface area contributed by atoms with Crippen LogP contribution in [0.1, 0.15) is 12.8 Å². The van der Waals surface area contributed by atoms with Crippen LogP contribution in [0.5, 0.6) is 0 Å². The van der Waals surface area contributed by atoms with E-state index in [-0.39, 0.29) is 9.92 Å². The molecule has 17 heavy (non-hydrogen) atoms. The third kappa shape index (κ3) is 4.90. The number of sulfonamides is 1. The molecule has 0 aromatic heterocycles. The molecule has 0 aliphatic rings. The number of benzene rings is 1. The van der Waals surface area contributed by atoms with Gasteiger partial charge < -0.3 is 0 Å². The molecule has 0 aliphatic heterocycles. The monoisotopic (exact) mass is 407 g/mol. The molecule has 0 heterocycles. The van der Waals surface area contributed by atoms with Crippen LogP contribution < -0.4 is 4.72 Å². The maximum atomic E-state index is 11.8. The number of halogens is 3. The van der Waals surface area contributed by atoms with Crippen molar-refractivity contribution in [3.63, 3.8) is 0 Å². The van der Waals surface area contributed by atoms with E-state index in [0.717, 1.165) is 17.3 Å². The zero-order valence-electron chi connectivity index (χ0n) is 8.92. The first kappa shape index (κ1) is 15.5. The standard InChI is InChI=1S/C10H12Cl2INO2S/c11-9-4-3-8(7-10(9)12)17(15,16)14-6-2-1-5-13/h3-4,7,14H,1-2,5-6H2. The van der Waals surface area contributed by atoms with Crippen LogP contribution in [0.25, 0.3) is 0 Å². The Hall–Kier alpha value is 0.440. The van der Waals surface area contributed by atoms with E-state index in [4.69, 9.17) is 23.2 Å². The zero-order valence-corrected chi connectivity index (χ0v) is 13.4. The topological polar surface area (TPSA) is 46.2 Å². The quantitative estimate of drug-likeness (QED) is 0.445. The van der Waals surface area contributed by atoms with Gasteiger partial charge in [0.15, 0.2) is 0 Å². The maximum absolute atomic E-state index is 11.8. The fraction of sp³-hybridized carbons (Fsp3) is 0.400. The van der Waals surface area contributed by atoms with E-state index in [1.54, 1.807) is 0 Å². The summed E-state index contributed by atoms with van der Waals surface area (Å²) < 4.78 is 27.2. The lowest BCUT2D eigenvalue weighted by molar-refractivity contribution is 0.578. The molecule has 3 nitrogen and oxygen atoms in total. The van der Waals surface area contributed by atoms with Crippen LogP contribution in [0, 0.1) is 0 Å². The third-order valence-corrected chi connectivity index (χ3v) is 5.01. The molecule has 0 saturated heterocycles. The van der Waals surface area contributed by atoms with Gasteiger partial charge in [-0.2, -0.15) is 0 Å². The molecule has 0 radical (unpaired) electrons. The molecule has 0 aliphatic carbocycles. The summed E-state index contributed by atoms with van der Waals surface area (Å²) in [5, 5.41) is 0.581. The Morgan fingerprint density at radius 1 is 1.18 bits per heavy atom. The zero-order chi connectivity index (χ0) is 12.9. The van der Waals surface area contributed by atoms with Gasteiger partial charge in [-0.25, -0.2) is 13.1 Å². The molecular formula is C10H12Cl2INO2S. The van der Waals surface area contributed by atoms with Crippen molar-refractivity contribution in [2.45, 2.75) is 17.7 Å². The minimum atomic E-state index is -3.48. The van der Waals surface area contributed by atoms with Crippen molar-refractivity contribution in [2.75, 3.05) is 11.0 Å². The van der Waals surface area contributed by atoms with Gasteiger partial charge >= 0.3 is 0 Å². The fourth-order valence-corrected chi connectivity index (χ4v) is 3.16. The van der Waals surface area contributed by atoms with E-state index in [9.17, 15) is 8.42 Å². The predicted octanol–water partition coefficient (Wildman–Crippen LogP) is 3.49. The minimum Gasteiger partial charge on any atom is -0.211 e. The second-order valence-corrected chi connectivity index (χ2v) is 7.03. The van der Waals surface area contributed by atoms with E-state index >= 15 is 0 Å². The van der Waals surface area contributed by atoms with Gasteiger partial charge in [-0.05, 0) is 35.5 Å². The predicted molar refractivity (Wildman–Crippen MR) is 79.8 cm³/mol. The van der Waals surface area contributed by atoms with Crippen molar-refractivity contribution in [3.05, 3.63) is 28.2 Å². The molecule has 96 valence electrons. The molecule has 0 atom stereocenters. The van der Waals surface area contributed by atoms with Crippen LogP contribution in [-0.4, -0.2) is 19.4 Å². The molecule has 0 unspecified atom stereocenters. The molecule has 1 aromatic carbocycles. The van der Waals surface area contributed by atoms with Crippen molar-refractivity contribution in [3.8, 4) is 0 Å². The summed E-state index contributed by atoms with van der Waals surface area (Å²) in [6.07, 6.45) is 1.81. The summed E-state index contributed by atoms with van der Waals surface area (Å²) in [4.78, 5) is 0.140. The first-order chi connectivity index (χ1) is 7.97. The highest BCUT2D eigenvalue weighted by molar-refractivity contribution is 14.1. The lowest BCUT2D eigenvalue weighted by Crippen LogP contribution is -2.24. The summed E-state index contributed by atoms with van der Waals surface area (Å²) in [5.41, 5.74) is 0. The average molecular weight is 408 g/mol. The van der Waals surface area contributed by atoms with Crippen molar-refractivity contribution < 1.29 is 8.42 Å². The molecule has 0 amide bonds. The normalized spacial score (nSPS) is 11.7. The second-order valence-electron chi connectivity index (χ2n) is 3.37. The largest absolute Gasteiger partial charge is 0.240 e. The Balaban J connectivity index is 2.72. The van der Waals surface area contributed by atoms with E-state index in [1.807, 2.05) is 0 Å². The first-order valence-corrected chi connectivity index (χ1v) is 8.74. The van der Waals surface area contributed by atoms with Crippen LogP contribution >= 0.6 is 45.8 Å². The Morgan fingerprint density at radius 2 is 1.88 bits per heavy atom. The third-order valence-electron chi connectivity index (χ3n) is 2.05. The summed E-state index contributed by atoms with van der Waals surface area (Å²) in [5.74, 6) is 0. The molecule has 0 fully saturated rings. The average Bonchev–Trinajstić information content (AvgIpc) is 2.28. The number of hydrogen-bond acceptors (Lipinski definition) is 2. The van der Waals surface area contributed by atoms with Gasteiger partial charge in [0.25, 0.3) is 0 Å². The van der Waals surface area contributed by atoms with Gasteiger partial charge in [0, 0.05) is 6.54 Å². The lowest BCUT2D eigenvalue weighted by Gasteiger charge is -2.07. The fourth-order valence-electron chi connectivity index (χ4n) is 1.15. The molecular weight excluding hydrogens is 396 g/mol. The Labute approximate surface area is 125 Å². The molecule has 1 aromatic rings. The summed E-state index contributed by atoms with van der Waals surface area (Å²) in [6.45, 7) is 0.436. The van der Waals surface area contributed by atoms with Crippen molar-refractivity contribution in [1.82, 2.24) is 4.72 Å². The molecule has 0 saturated carbocycles. The molecule has 7 heteroatoms. The van der Waals surface area contributed by atoms with Crippen molar-refractivity contribution >= 4 is 55.8 Å². The van der Waals surface area contributed by atoms with Gasteiger partial charge in [0.05, 0.1) is 14.9 Å². The summed E-state index contributed by atoms with van der Waals surface area (Å²) in [7, 11) is -3.48. The molecule has 1 rings (SSSR count). The van der Waals surface area contributed by atoms with Crippen LogP contribution in [-0.2, 0) is 10.0 Å². The van der Waals surface area contributed by atoms with Crippen LogP contribution in [0.2, 0.25) is 10.0 Å². The molecule has 0 spiro atoms. The summed E-state index contributed by atoms with van der Waals surface area (Å²) >= 11 is 13.8. The van der Waals surface area contributed by atoms with E-state index in [0.29, 0.717) is 11.6 Å². The van der Waals surface area contributed by atoms with Crippen LogP contribution in [0.15, 0.2) is 23.1 Å². The highest BCUT2D eigenvalue weighted by atomic mass is 127. The smallest absolute Gasteiger partial charge is 0.211 e. The van der Waals surface area contributed by atoms with Crippen LogP contribution in [0.3, 0.4) is 0 Å². The lowest BCUT2D eigenvalue weighted by atomic mass is 10.3. The highest BCUT2D eigenvalue weighted by Crippen LogP contribution is 2.24. The van der Waals surface area contributed by atoms with E-state index < -0.39 is 10.0 Å². The number of unbranched alkanes of at least 4 members (excludes halogenated alkanes) is 1. The van der Waals surface area contributed by atoms with Gasteiger partial charge in [0.1, 0.15) is 0 Å². The maximum Gasteiger partial charge on any atom is 0.240 e. The Bertz CT molecular complexity index is 479. The number of hydrogen-bond donors (Lipinski definition) is 1. The minimum absolute atomic E-state index is 0.140. The van der Waals surface area contributed by atoms with E-state index in [2.05, 4.69) is 27.3 Å². The van der Waals surface area contributed by atoms with E-state index in [1.165, 1.54) is 18.2 Å². The van der Waals surface area contributed by atoms with Gasteiger partial charge in [0.2, 0.25) is 10.0 Å². The van der Waals surface area contributed by atoms with Gasteiger partial charge in [-0.15, -0.1) is 0 Å². The second kappa shape index (κ2) is 7.13. The van der Waals surface area contributed by atoms with Crippen molar-refractivity contribution in [2.24, 2.45) is 0 Å². The number of alkyl halides is 1. The summed E-state index contributed by atoms with van der Waals surface area (Å²) in [6, 6.07) is 4.27. The highest BCUT2D eigenvalue weighted by Gasteiger charge is 2.14. The Kier molecular flexibility index (Phi) is 6.50. The first-order valence-electron chi connectivity index (χ1n) is 4.98. The van der Waals surface area contributed by atoms with Gasteiger partial charge in [-0.3, -0.25) is 0 Å². The molecule has 1 N–H and O–H groups in total. The number of nitrogens with one attached hydrogen (secondary N) is 1. The van der Waals surface area contributed by atoms with Crippen LogP contribution in [0.4, 0.5) is 0 Å². The van der Waals surface area contributed by atoms with Gasteiger partial charge in [-0.1, -0.05) is 45.8 Å². The SMILES string of the molecule is O=S(=O)(NCCCCI)c1ccc(Cl)c(Cl)c1. The Morgan fingerprint density at radius 3 is 2.47 bits per heavy atom.